The van der Waals surface area contributed by atoms with E-state index in [4.69, 9.17) is 14.6 Å². The molecule has 2 unspecified atom stereocenters. The highest BCUT2D eigenvalue weighted by Crippen LogP contribution is 2.21. The van der Waals surface area contributed by atoms with Crippen molar-refractivity contribution in [3.63, 3.8) is 0 Å². The van der Waals surface area contributed by atoms with Crippen molar-refractivity contribution in [1.82, 2.24) is 5.32 Å². The molecule has 0 saturated carbocycles. The maximum atomic E-state index is 11.9. The van der Waals surface area contributed by atoms with Gasteiger partial charge < -0.3 is 19.9 Å². The summed E-state index contributed by atoms with van der Waals surface area (Å²) in [4.78, 5) is 22.8. The monoisotopic (exact) mass is 301 g/mol. The Morgan fingerprint density at radius 3 is 2.71 bits per heavy atom. The number of ether oxygens (including phenoxy) is 2. The van der Waals surface area contributed by atoms with E-state index in [-0.39, 0.29) is 30.8 Å². The van der Waals surface area contributed by atoms with E-state index >= 15 is 0 Å². The van der Waals surface area contributed by atoms with Gasteiger partial charge in [0.15, 0.2) is 0 Å². The van der Waals surface area contributed by atoms with Crippen molar-refractivity contribution in [2.75, 3.05) is 19.8 Å². The number of carboxylic acid groups (broad SMARTS) is 1. The molecule has 1 aliphatic heterocycles. The van der Waals surface area contributed by atoms with Crippen LogP contribution in [-0.4, -0.2) is 48.4 Å². The number of aliphatic carboxylic acids is 1. The van der Waals surface area contributed by atoms with Crippen LogP contribution in [0.15, 0.2) is 0 Å². The molecule has 6 heteroatoms. The maximum absolute atomic E-state index is 11.9. The fraction of sp³-hybridized carbons (Fsp3) is 0.867. The van der Waals surface area contributed by atoms with Gasteiger partial charge in [0.05, 0.1) is 25.7 Å². The lowest BCUT2D eigenvalue weighted by atomic mass is 9.85. The highest BCUT2D eigenvalue weighted by atomic mass is 16.5. The van der Waals surface area contributed by atoms with Gasteiger partial charge in [-0.15, -0.1) is 0 Å². The summed E-state index contributed by atoms with van der Waals surface area (Å²) >= 11 is 0. The van der Waals surface area contributed by atoms with Crippen LogP contribution < -0.4 is 5.32 Å². The molecule has 0 spiro atoms. The number of carbonyl (C=O) groups excluding carboxylic acids is 1. The third-order valence-corrected chi connectivity index (χ3v) is 4.02. The van der Waals surface area contributed by atoms with E-state index in [1.54, 1.807) is 6.92 Å². The molecule has 1 saturated heterocycles. The van der Waals surface area contributed by atoms with Crippen molar-refractivity contribution < 1.29 is 24.2 Å². The first-order chi connectivity index (χ1) is 9.83. The lowest BCUT2D eigenvalue weighted by Gasteiger charge is -2.33. The number of nitrogens with one attached hydrogen (secondary N) is 1. The van der Waals surface area contributed by atoms with Gasteiger partial charge in [0.25, 0.3) is 0 Å². The van der Waals surface area contributed by atoms with Crippen LogP contribution in [0.5, 0.6) is 0 Å². The molecule has 122 valence electrons. The van der Waals surface area contributed by atoms with E-state index in [2.05, 4.69) is 5.32 Å². The van der Waals surface area contributed by atoms with Crippen LogP contribution in [-0.2, 0) is 19.1 Å². The lowest BCUT2D eigenvalue weighted by Crippen LogP contribution is -2.51. The minimum Gasteiger partial charge on any atom is -0.481 e. The standard InChI is InChI=1S/C15H27NO5/c1-11(2)15(3,9-14(18)19)16-13(17)6-8-20-10-12-5-4-7-21-12/h11-12H,4-10H2,1-3H3,(H,16,17)(H,18,19). The zero-order chi connectivity index (χ0) is 15.9. The third kappa shape index (κ3) is 6.44. The Hall–Kier alpha value is -1.14. The Morgan fingerprint density at radius 2 is 2.19 bits per heavy atom. The molecule has 1 rings (SSSR count). The second-order valence-electron chi connectivity index (χ2n) is 6.15. The van der Waals surface area contributed by atoms with E-state index in [1.165, 1.54) is 0 Å². The molecule has 2 N–H and O–H groups in total. The minimum absolute atomic E-state index is 0.0327. The smallest absolute Gasteiger partial charge is 0.305 e. The molecule has 0 aromatic heterocycles. The van der Waals surface area contributed by atoms with Gasteiger partial charge >= 0.3 is 5.97 Å². The summed E-state index contributed by atoms with van der Waals surface area (Å²) in [6.45, 7) is 7.19. The zero-order valence-corrected chi connectivity index (χ0v) is 13.2. The Labute approximate surface area is 126 Å². The van der Waals surface area contributed by atoms with Crippen LogP contribution >= 0.6 is 0 Å². The van der Waals surface area contributed by atoms with Crippen molar-refractivity contribution in [2.45, 2.75) is 58.1 Å². The number of amides is 1. The molecule has 0 aromatic carbocycles. The van der Waals surface area contributed by atoms with Crippen molar-refractivity contribution in [2.24, 2.45) is 5.92 Å². The number of hydrogen-bond donors (Lipinski definition) is 2. The Kier molecular flexibility index (Phi) is 7.11. The molecule has 0 aliphatic carbocycles. The van der Waals surface area contributed by atoms with Crippen molar-refractivity contribution in [3.05, 3.63) is 0 Å². The second-order valence-corrected chi connectivity index (χ2v) is 6.15. The summed E-state index contributed by atoms with van der Waals surface area (Å²) in [6, 6.07) is 0. The molecule has 2 atom stereocenters. The van der Waals surface area contributed by atoms with Crippen molar-refractivity contribution >= 4 is 11.9 Å². The van der Waals surface area contributed by atoms with Gasteiger partial charge in [-0.25, -0.2) is 0 Å². The Balaban J connectivity index is 2.28. The third-order valence-electron chi connectivity index (χ3n) is 4.02. The summed E-state index contributed by atoms with van der Waals surface area (Å²) in [5.41, 5.74) is -0.739. The number of carboxylic acids is 1. The Morgan fingerprint density at radius 1 is 1.48 bits per heavy atom. The van der Waals surface area contributed by atoms with Crippen LogP contribution in [0.3, 0.4) is 0 Å². The van der Waals surface area contributed by atoms with E-state index < -0.39 is 11.5 Å². The van der Waals surface area contributed by atoms with Gasteiger partial charge in [0.1, 0.15) is 0 Å². The van der Waals surface area contributed by atoms with Crippen LogP contribution in [0.1, 0.15) is 46.5 Å². The van der Waals surface area contributed by atoms with E-state index in [0.29, 0.717) is 13.2 Å². The molecule has 21 heavy (non-hydrogen) atoms. The quantitative estimate of drug-likeness (QED) is 0.632. The Bertz CT molecular complexity index is 352. The van der Waals surface area contributed by atoms with Gasteiger partial charge in [-0.3, -0.25) is 9.59 Å². The highest BCUT2D eigenvalue weighted by molar-refractivity contribution is 5.78. The summed E-state index contributed by atoms with van der Waals surface area (Å²) < 4.78 is 10.9. The summed E-state index contributed by atoms with van der Waals surface area (Å²) in [7, 11) is 0. The van der Waals surface area contributed by atoms with Crippen LogP contribution in [0.4, 0.5) is 0 Å². The summed E-state index contributed by atoms with van der Waals surface area (Å²) in [6.07, 6.45) is 2.37. The molecule has 0 radical (unpaired) electrons. The summed E-state index contributed by atoms with van der Waals surface area (Å²) in [5, 5.41) is 11.8. The topological polar surface area (TPSA) is 84.9 Å². The highest BCUT2D eigenvalue weighted by Gasteiger charge is 2.32. The van der Waals surface area contributed by atoms with E-state index in [9.17, 15) is 9.59 Å². The molecular formula is C15H27NO5. The first-order valence-electron chi connectivity index (χ1n) is 7.55. The first kappa shape index (κ1) is 17.9. The van der Waals surface area contributed by atoms with Crippen LogP contribution in [0.25, 0.3) is 0 Å². The second kappa shape index (κ2) is 8.34. The normalized spacial score (nSPS) is 21.2. The number of hydrogen-bond acceptors (Lipinski definition) is 4. The molecule has 1 aliphatic rings. The predicted molar refractivity (Wildman–Crippen MR) is 78.0 cm³/mol. The summed E-state index contributed by atoms with van der Waals surface area (Å²) in [5.74, 6) is -1.06. The van der Waals surface area contributed by atoms with Gasteiger partial charge in [-0.1, -0.05) is 13.8 Å². The molecule has 1 heterocycles. The van der Waals surface area contributed by atoms with Gasteiger partial charge in [0, 0.05) is 18.6 Å². The van der Waals surface area contributed by atoms with Crippen LogP contribution in [0.2, 0.25) is 0 Å². The van der Waals surface area contributed by atoms with Crippen molar-refractivity contribution in [1.29, 1.82) is 0 Å². The number of rotatable bonds is 9. The lowest BCUT2D eigenvalue weighted by molar-refractivity contribution is -0.139. The van der Waals surface area contributed by atoms with Gasteiger partial charge in [-0.2, -0.15) is 0 Å². The zero-order valence-electron chi connectivity index (χ0n) is 13.2. The SMILES string of the molecule is CC(C)C(C)(CC(=O)O)NC(=O)CCOCC1CCCO1. The molecular weight excluding hydrogens is 274 g/mol. The molecule has 6 nitrogen and oxygen atoms in total. The average molecular weight is 301 g/mol. The van der Waals surface area contributed by atoms with Crippen molar-refractivity contribution in [3.8, 4) is 0 Å². The number of carbonyl (C=O) groups is 2. The molecule has 1 fully saturated rings. The minimum atomic E-state index is -0.916. The molecule has 0 aromatic rings. The van der Waals surface area contributed by atoms with E-state index in [1.807, 2.05) is 13.8 Å². The predicted octanol–water partition coefficient (Wildman–Crippen LogP) is 1.58. The largest absolute Gasteiger partial charge is 0.481 e. The fourth-order valence-electron chi connectivity index (χ4n) is 2.24. The molecule has 1 amide bonds. The molecule has 0 bridgehead atoms. The van der Waals surface area contributed by atoms with E-state index in [0.717, 1.165) is 19.4 Å². The van der Waals surface area contributed by atoms with Crippen LogP contribution in [0, 0.1) is 5.92 Å². The fourth-order valence-corrected chi connectivity index (χ4v) is 2.24. The van der Waals surface area contributed by atoms with Gasteiger partial charge in [0.2, 0.25) is 5.91 Å². The maximum Gasteiger partial charge on any atom is 0.305 e. The van der Waals surface area contributed by atoms with Gasteiger partial charge in [-0.05, 0) is 25.7 Å². The average Bonchev–Trinajstić information content (AvgIpc) is 2.86. The first-order valence-corrected chi connectivity index (χ1v) is 7.55.